The molecule has 70 valence electrons. The zero-order valence-electron chi connectivity index (χ0n) is 6.12. The first-order chi connectivity index (χ1) is 5.54. The molecule has 6 heteroatoms. The molecule has 0 rings (SSSR count). The molecular formula is C6H10O6. The van der Waals surface area contributed by atoms with E-state index >= 15 is 0 Å². The Morgan fingerprint density at radius 1 is 1.33 bits per heavy atom. The Labute approximate surface area is 68.1 Å². The summed E-state index contributed by atoms with van der Waals surface area (Å²) in [6.45, 7) is -0.801. The number of ketones is 1. The highest BCUT2D eigenvalue weighted by Gasteiger charge is 2.29. The fourth-order valence-electron chi connectivity index (χ4n) is 0.556. The van der Waals surface area contributed by atoms with Gasteiger partial charge in [-0.3, -0.25) is 9.59 Å². The van der Waals surface area contributed by atoms with Crippen LogP contribution < -0.4 is 0 Å². The lowest BCUT2D eigenvalue weighted by Gasteiger charge is -2.18. The van der Waals surface area contributed by atoms with Crippen molar-refractivity contribution in [2.75, 3.05) is 6.61 Å². The third-order valence-corrected chi connectivity index (χ3v) is 1.31. The number of aliphatic hydroxyl groups is 4. The molecule has 0 saturated carbocycles. The van der Waals surface area contributed by atoms with Crippen LogP contribution >= 0.6 is 0 Å². The zero-order valence-corrected chi connectivity index (χ0v) is 6.12. The minimum absolute atomic E-state index is 0.169. The van der Waals surface area contributed by atoms with Crippen molar-refractivity contribution in [3.63, 3.8) is 0 Å². The molecule has 0 bridgehead atoms. The maximum Gasteiger partial charge on any atom is 0.226 e. The van der Waals surface area contributed by atoms with Crippen molar-refractivity contribution >= 4 is 12.1 Å². The van der Waals surface area contributed by atoms with Gasteiger partial charge in [-0.05, 0) is 0 Å². The molecule has 0 aromatic heterocycles. The Bertz CT molecular complexity index is 167. The van der Waals surface area contributed by atoms with Gasteiger partial charge in [0.05, 0.1) is 6.61 Å². The maximum atomic E-state index is 10.4. The predicted molar refractivity (Wildman–Crippen MR) is 36.2 cm³/mol. The van der Waals surface area contributed by atoms with Crippen LogP contribution in [0.3, 0.4) is 0 Å². The number of aldehydes is 1. The van der Waals surface area contributed by atoms with Crippen molar-refractivity contribution in [1.29, 1.82) is 0 Å². The van der Waals surface area contributed by atoms with Crippen LogP contribution in [-0.2, 0) is 9.59 Å². The molecule has 4 N–H and O–H groups in total. The normalized spacial score (nSPS) is 18.0. The number of carbonyl (C=O) groups excluding carboxylic acids is 2. The smallest absolute Gasteiger partial charge is 0.226 e. The molecule has 12 heavy (non-hydrogen) atoms. The topological polar surface area (TPSA) is 115 Å². The van der Waals surface area contributed by atoms with Crippen molar-refractivity contribution in [2.24, 2.45) is 0 Å². The van der Waals surface area contributed by atoms with Crippen LogP contribution in [0.15, 0.2) is 0 Å². The summed E-state index contributed by atoms with van der Waals surface area (Å²) in [5.74, 6) is -1.24. The van der Waals surface area contributed by atoms with Crippen LogP contribution in [0, 0.1) is 0 Å². The highest BCUT2D eigenvalue weighted by atomic mass is 16.4. The van der Waals surface area contributed by atoms with Crippen molar-refractivity contribution in [3.05, 3.63) is 0 Å². The Hall–Kier alpha value is -0.820. The minimum Gasteiger partial charge on any atom is -0.394 e. The number of rotatable bonds is 5. The third kappa shape index (κ3) is 2.67. The van der Waals surface area contributed by atoms with Gasteiger partial charge in [-0.15, -0.1) is 0 Å². The van der Waals surface area contributed by atoms with Crippen molar-refractivity contribution in [1.82, 2.24) is 0 Å². The van der Waals surface area contributed by atoms with Gasteiger partial charge in [0.25, 0.3) is 0 Å². The van der Waals surface area contributed by atoms with Gasteiger partial charge < -0.3 is 20.4 Å². The van der Waals surface area contributed by atoms with E-state index in [1.807, 2.05) is 0 Å². The molecule has 0 saturated heterocycles. The van der Waals surface area contributed by atoms with Gasteiger partial charge in [0.1, 0.15) is 18.3 Å². The van der Waals surface area contributed by atoms with Crippen LogP contribution in [0.2, 0.25) is 0 Å². The van der Waals surface area contributed by atoms with E-state index in [1.54, 1.807) is 0 Å². The second kappa shape index (κ2) is 4.94. The van der Waals surface area contributed by atoms with Gasteiger partial charge in [0.15, 0.2) is 6.29 Å². The fraction of sp³-hybridized carbons (Fsp3) is 0.667. The van der Waals surface area contributed by atoms with Gasteiger partial charge in [0, 0.05) is 0 Å². The van der Waals surface area contributed by atoms with Crippen LogP contribution in [0.25, 0.3) is 0 Å². The lowest BCUT2D eigenvalue weighted by molar-refractivity contribution is -0.145. The van der Waals surface area contributed by atoms with Crippen molar-refractivity contribution in [3.8, 4) is 0 Å². The van der Waals surface area contributed by atoms with E-state index in [0.717, 1.165) is 0 Å². The number of hydrogen-bond donors (Lipinski definition) is 4. The molecule has 0 fully saturated rings. The van der Waals surface area contributed by atoms with Crippen LogP contribution in [-0.4, -0.2) is 57.4 Å². The van der Waals surface area contributed by atoms with E-state index in [1.165, 1.54) is 0 Å². The molecule has 0 spiro atoms. The SMILES string of the molecule is O=CC(=O)[C@@H](O)[C@H](O)[C@H](O)CO. The monoisotopic (exact) mass is 178 g/mol. The van der Waals surface area contributed by atoms with E-state index in [4.69, 9.17) is 20.4 Å². The summed E-state index contributed by atoms with van der Waals surface area (Å²) in [4.78, 5) is 20.2. The lowest BCUT2D eigenvalue weighted by Crippen LogP contribution is -2.44. The molecule has 0 aromatic carbocycles. The predicted octanol–water partition coefficient (Wildman–Crippen LogP) is -3.17. The first kappa shape index (κ1) is 11.2. The summed E-state index contributed by atoms with van der Waals surface area (Å²) in [6.07, 6.45) is -5.63. The summed E-state index contributed by atoms with van der Waals surface area (Å²) < 4.78 is 0. The molecule has 0 unspecified atom stereocenters. The maximum absolute atomic E-state index is 10.4. The van der Waals surface area contributed by atoms with Crippen LogP contribution in [0.5, 0.6) is 0 Å². The Morgan fingerprint density at radius 3 is 2.17 bits per heavy atom. The molecule has 0 aliphatic carbocycles. The number of hydrogen-bond acceptors (Lipinski definition) is 6. The molecule has 0 aromatic rings. The molecule has 0 aliphatic rings. The van der Waals surface area contributed by atoms with Gasteiger partial charge in [-0.1, -0.05) is 0 Å². The Morgan fingerprint density at radius 2 is 1.83 bits per heavy atom. The minimum atomic E-state index is -1.98. The standard InChI is InChI=1S/C6H10O6/c7-1-3(9)5(11)6(12)4(10)2-8/h1,4-6,8,10-12H,2H2/t4-,5-,6-/m1/s1. The van der Waals surface area contributed by atoms with Gasteiger partial charge in [-0.25, -0.2) is 0 Å². The van der Waals surface area contributed by atoms with Crippen LogP contribution in [0.1, 0.15) is 0 Å². The van der Waals surface area contributed by atoms with E-state index in [-0.39, 0.29) is 6.29 Å². The number of carbonyl (C=O) groups is 2. The largest absolute Gasteiger partial charge is 0.394 e. The first-order valence-corrected chi connectivity index (χ1v) is 3.18. The molecule has 3 atom stereocenters. The van der Waals surface area contributed by atoms with Crippen LogP contribution in [0.4, 0.5) is 0 Å². The number of Topliss-reactive ketones (excluding diaryl/α,β-unsaturated/α-hetero) is 1. The van der Waals surface area contributed by atoms with E-state index in [0.29, 0.717) is 0 Å². The highest BCUT2D eigenvalue weighted by molar-refractivity contribution is 6.27. The molecule has 0 aliphatic heterocycles. The third-order valence-electron chi connectivity index (χ3n) is 1.31. The Balaban J connectivity index is 4.17. The zero-order chi connectivity index (χ0) is 9.72. The highest BCUT2D eigenvalue weighted by Crippen LogP contribution is 1.99. The summed E-state index contributed by atoms with van der Waals surface area (Å²) >= 11 is 0. The summed E-state index contributed by atoms with van der Waals surface area (Å²) in [7, 11) is 0. The van der Waals surface area contributed by atoms with Gasteiger partial charge in [-0.2, -0.15) is 0 Å². The van der Waals surface area contributed by atoms with Crippen molar-refractivity contribution in [2.45, 2.75) is 18.3 Å². The second-order valence-electron chi connectivity index (χ2n) is 2.21. The average molecular weight is 178 g/mol. The van der Waals surface area contributed by atoms with E-state index in [9.17, 15) is 9.59 Å². The lowest BCUT2D eigenvalue weighted by atomic mass is 10.1. The number of aliphatic hydroxyl groups excluding tert-OH is 4. The molecule has 6 nitrogen and oxygen atoms in total. The first-order valence-electron chi connectivity index (χ1n) is 3.18. The average Bonchev–Trinajstić information content (AvgIpc) is 2.12. The second-order valence-corrected chi connectivity index (χ2v) is 2.21. The summed E-state index contributed by atoms with van der Waals surface area (Å²) in [5.41, 5.74) is 0. The Kier molecular flexibility index (Phi) is 4.60. The van der Waals surface area contributed by atoms with Gasteiger partial charge >= 0.3 is 0 Å². The quantitative estimate of drug-likeness (QED) is 0.261. The van der Waals surface area contributed by atoms with E-state index in [2.05, 4.69) is 0 Å². The summed E-state index contributed by atoms with van der Waals surface area (Å²) in [6, 6.07) is 0. The van der Waals surface area contributed by atoms with Gasteiger partial charge in [0.2, 0.25) is 5.78 Å². The summed E-state index contributed by atoms with van der Waals surface area (Å²) in [5, 5.41) is 34.6. The molecular weight excluding hydrogens is 168 g/mol. The van der Waals surface area contributed by atoms with Crippen molar-refractivity contribution < 1.29 is 30.0 Å². The fourth-order valence-corrected chi connectivity index (χ4v) is 0.556. The molecule has 0 radical (unpaired) electrons. The van der Waals surface area contributed by atoms with E-state index < -0.39 is 30.7 Å². The molecule has 0 heterocycles. The molecule has 0 amide bonds.